The third-order valence-corrected chi connectivity index (χ3v) is 8.34. The van der Waals surface area contributed by atoms with Crippen LogP contribution in [0.15, 0.2) is 24.3 Å². The summed E-state index contributed by atoms with van der Waals surface area (Å²) < 4.78 is 0. The molecule has 22 heavy (non-hydrogen) atoms. The number of hydrogen-bond donors (Lipinski definition) is 0. The molecule has 0 bridgehead atoms. The summed E-state index contributed by atoms with van der Waals surface area (Å²) >= 11 is 0. The first-order valence-electron chi connectivity index (χ1n) is 9.34. The lowest BCUT2D eigenvalue weighted by atomic mass is 9.45. The minimum absolute atomic E-state index is 0.386. The second-order valence-electron chi connectivity index (χ2n) is 8.96. The molecule has 1 heteroatoms. The predicted octanol–water partition coefficient (Wildman–Crippen LogP) is 5.32. The summed E-state index contributed by atoms with van der Waals surface area (Å²) in [6, 6.07) is 0. The van der Waals surface area contributed by atoms with Crippen molar-refractivity contribution in [3.63, 3.8) is 0 Å². The minimum Gasteiger partial charge on any atom is -0.300 e. The zero-order chi connectivity index (χ0) is 15.5. The van der Waals surface area contributed by atoms with Crippen LogP contribution in [0.2, 0.25) is 0 Å². The maximum absolute atomic E-state index is 11.9. The molecule has 0 amide bonds. The van der Waals surface area contributed by atoms with Crippen molar-refractivity contribution in [2.45, 2.75) is 65.2 Å². The van der Waals surface area contributed by atoms with Gasteiger partial charge in [0.25, 0.3) is 0 Å². The van der Waals surface area contributed by atoms with Crippen LogP contribution in [0.25, 0.3) is 0 Å². The van der Waals surface area contributed by atoms with Crippen molar-refractivity contribution in [1.29, 1.82) is 0 Å². The van der Waals surface area contributed by atoms with E-state index in [9.17, 15) is 4.79 Å². The summed E-state index contributed by atoms with van der Waals surface area (Å²) in [5.41, 5.74) is 2.34. The lowest BCUT2D eigenvalue weighted by Gasteiger charge is -2.60. The van der Waals surface area contributed by atoms with E-state index in [2.05, 4.69) is 32.6 Å². The van der Waals surface area contributed by atoms with Crippen LogP contribution in [-0.2, 0) is 4.79 Å². The molecule has 120 valence electrons. The predicted molar refractivity (Wildman–Crippen MR) is 90.4 cm³/mol. The van der Waals surface area contributed by atoms with Gasteiger partial charge in [-0.25, -0.2) is 0 Å². The van der Waals surface area contributed by atoms with E-state index in [1.54, 1.807) is 0 Å². The molecule has 0 aliphatic heterocycles. The van der Waals surface area contributed by atoms with Crippen molar-refractivity contribution in [2.75, 3.05) is 0 Å². The molecule has 4 aliphatic carbocycles. The van der Waals surface area contributed by atoms with E-state index in [1.165, 1.54) is 37.7 Å². The van der Waals surface area contributed by atoms with Gasteiger partial charge in [0, 0.05) is 12.8 Å². The van der Waals surface area contributed by atoms with E-state index >= 15 is 0 Å². The first-order valence-corrected chi connectivity index (χ1v) is 9.34. The highest BCUT2D eigenvalue weighted by molar-refractivity contribution is 5.79. The van der Waals surface area contributed by atoms with Crippen LogP contribution in [0.4, 0.5) is 0 Å². The third kappa shape index (κ3) is 1.80. The molecule has 0 aromatic rings. The van der Waals surface area contributed by atoms with Crippen molar-refractivity contribution < 1.29 is 4.79 Å². The van der Waals surface area contributed by atoms with E-state index in [4.69, 9.17) is 0 Å². The van der Waals surface area contributed by atoms with Gasteiger partial charge in [0.1, 0.15) is 5.78 Å². The number of rotatable bonds is 1. The van der Waals surface area contributed by atoms with Crippen LogP contribution >= 0.6 is 0 Å². The van der Waals surface area contributed by atoms with Crippen LogP contribution in [0.5, 0.6) is 0 Å². The zero-order valence-electron chi connectivity index (χ0n) is 14.2. The average Bonchev–Trinajstić information content (AvgIpc) is 2.84. The van der Waals surface area contributed by atoms with Gasteiger partial charge in [-0.05, 0) is 78.6 Å². The molecule has 3 unspecified atom stereocenters. The number of fused-ring (bicyclic) bond motifs is 5. The summed E-state index contributed by atoms with van der Waals surface area (Å²) in [7, 11) is 0. The van der Waals surface area contributed by atoms with Crippen molar-refractivity contribution in [1.82, 2.24) is 0 Å². The molecule has 0 saturated heterocycles. The molecule has 3 saturated carbocycles. The van der Waals surface area contributed by atoms with Gasteiger partial charge in [-0.15, -0.1) is 0 Å². The van der Waals surface area contributed by atoms with Crippen LogP contribution in [0.1, 0.15) is 65.2 Å². The minimum atomic E-state index is 0.386. The highest BCUT2D eigenvalue weighted by Gasteiger charge is 2.58. The van der Waals surface area contributed by atoms with Crippen LogP contribution in [0.3, 0.4) is 0 Å². The van der Waals surface area contributed by atoms with E-state index in [-0.39, 0.29) is 0 Å². The molecule has 0 aromatic heterocycles. The van der Waals surface area contributed by atoms with Crippen LogP contribution in [-0.4, -0.2) is 5.78 Å². The Kier molecular flexibility index (Phi) is 3.23. The molecule has 4 aliphatic rings. The Labute approximate surface area is 135 Å². The van der Waals surface area contributed by atoms with Gasteiger partial charge in [-0.3, -0.25) is 4.79 Å². The molecular formula is C21H30O. The van der Waals surface area contributed by atoms with Crippen molar-refractivity contribution >= 4 is 5.78 Å². The Morgan fingerprint density at radius 1 is 1.18 bits per heavy atom. The quantitative estimate of drug-likeness (QED) is 0.640. The topological polar surface area (TPSA) is 17.1 Å². The SMILES string of the molecule is C=CC1=CCC2C3CC[C@H]4CC(=O)CC[C@]4(C)C3CC[C@]12C. The van der Waals surface area contributed by atoms with Gasteiger partial charge in [-0.2, -0.15) is 0 Å². The molecule has 0 heterocycles. The summed E-state index contributed by atoms with van der Waals surface area (Å²) in [5.74, 6) is 3.76. The Hall–Kier alpha value is -0.850. The zero-order valence-corrected chi connectivity index (χ0v) is 14.2. The van der Waals surface area contributed by atoms with Crippen molar-refractivity contribution in [3.8, 4) is 0 Å². The maximum Gasteiger partial charge on any atom is 0.133 e. The number of ketones is 1. The molecular weight excluding hydrogens is 268 g/mol. The monoisotopic (exact) mass is 298 g/mol. The van der Waals surface area contributed by atoms with Crippen molar-refractivity contribution in [2.24, 2.45) is 34.5 Å². The Morgan fingerprint density at radius 3 is 2.77 bits per heavy atom. The lowest BCUT2D eigenvalue weighted by molar-refractivity contribution is -0.137. The normalized spacial score (nSPS) is 50.6. The summed E-state index contributed by atoms with van der Waals surface area (Å²) in [4.78, 5) is 11.9. The number of carbonyl (C=O) groups is 1. The average molecular weight is 298 g/mol. The first-order chi connectivity index (χ1) is 10.5. The van der Waals surface area contributed by atoms with Crippen LogP contribution < -0.4 is 0 Å². The summed E-state index contributed by atoms with van der Waals surface area (Å²) in [6.45, 7) is 9.09. The fourth-order valence-corrected chi connectivity index (χ4v) is 6.96. The molecule has 0 radical (unpaired) electrons. The van der Waals surface area contributed by atoms with Crippen LogP contribution in [0, 0.1) is 34.5 Å². The van der Waals surface area contributed by atoms with Gasteiger partial charge in [0.05, 0.1) is 0 Å². The number of carbonyl (C=O) groups excluding carboxylic acids is 1. The van der Waals surface area contributed by atoms with E-state index in [0.717, 1.165) is 37.0 Å². The number of allylic oxidation sites excluding steroid dienone is 3. The largest absolute Gasteiger partial charge is 0.300 e. The molecule has 0 spiro atoms. The fraction of sp³-hybridized carbons (Fsp3) is 0.762. The highest BCUT2D eigenvalue weighted by Crippen LogP contribution is 2.66. The van der Waals surface area contributed by atoms with Gasteiger partial charge in [0.2, 0.25) is 0 Å². The summed E-state index contributed by atoms with van der Waals surface area (Å²) in [6.07, 6.45) is 14.1. The van der Waals surface area contributed by atoms with Gasteiger partial charge in [0.15, 0.2) is 0 Å². The second-order valence-corrected chi connectivity index (χ2v) is 8.96. The fourth-order valence-electron chi connectivity index (χ4n) is 6.96. The van der Waals surface area contributed by atoms with E-state index in [1.807, 2.05) is 0 Å². The summed E-state index contributed by atoms with van der Waals surface area (Å²) in [5, 5.41) is 0. The van der Waals surface area contributed by atoms with Gasteiger partial charge < -0.3 is 0 Å². The van der Waals surface area contributed by atoms with Gasteiger partial charge in [-0.1, -0.05) is 32.6 Å². The maximum atomic E-state index is 11.9. The van der Waals surface area contributed by atoms with Crippen molar-refractivity contribution in [3.05, 3.63) is 24.3 Å². The van der Waals surface area contributed by atoms with E-state index in [0.29, 0.717) is 22.5 Å². The molecule has 1 nitrogen and oxygen atoms in total. The lowest BCUT2D eigenvalue weighted by Crippen LogP contribution is -2.53. The van der Waals surface area contributed by atoms with E-state index < -0.39 is 0 Å². The molecule has 0 aromatic carbocycles. The second kappa shape index (κ2) is 4.82. The Balaban J connectivity index is 1.64. The third-order valence-electron chi connectivity index (χ3n) is 8.34. The van der Waals surface area contributed by atoms with Gasteiger partial charge >= 0.3 is 0 Å². The highest BCUT2D eigenvalue weighted by atomic mass is 16.1. The first kappa shape index (κ1) is 14.7. The smallest absolute Gasteiger partial charge is 0.133 e. The standard InChI is InChI=1S/C21H30O/c1-4-14-6-8-18-17-7-5-15-13-16(22)9-11-21(15,3)19(17)10-12-20(14,18)2/h4,6,15,17-19H,1,5,7-13H2,2-3H3/t15-,17?,18?,19?,20+,21-/m0/s1. The Morgan fingerprint density at radius 2 is 2.00 bits per heavy atom. The molecule has 6 atom stereocenters. The molecule has 3 fully saturated rings. The number of Topliss-reactive ketones (excluding diaryl/α,β-unsaturated/α-hetero) is 1. The number of hydrogen-bond acceptors (Lipinski definition) is 1. The molecule has 0 N–H and O–H groups in total. The Bertz CT molecular complexity index is 544. The molecule has 4 rings (SSSR count).